The van der Waals surface area contributed by atoms with Crippen LogP contribution in [0.2, 0.25) is 0 Å². The van der Waals surface area contributed by atoms with Gasteiger partial charge in [0.2, 0.25) is 0 Å². The van der Waals surface area contributed by atoms with Crippen molar-refractivity contribution in [2.45, 2.75) is 6.92 Å². The van der Waals surface area contributed by atoms with E-state index in [9.17, 15) is 9.59 Å². The van der Waals surface area contributed by atoms with E-state index in [1.54, 1.807) is 29.9 Å². The van der Waals surface area contributed by atoms with Gasteiger partial charge in [-0.15, -0.1) is 0 Å². The molecule has 0 amide bonds. The number of ketones is 1. The van der Waals surface area contributed by atoms with Crippen LogP contribution < -0.4 is 0 Å². The molecule has 1 N–H and O–H groups in total. The van der Waals surface area contributed by atoms with Crippen molar-refractivity contribution in [2.75, 3.05) is 0 Å². The largest absolute Gasteiger partial charge is 0.478 e. The van der Waals surface area contributed by atoms with E-state index < -0.39 is 5.97 Å². The number of hydrogen-bond donors (Lipinski definition) is 1. The van der Waals surface area contributed by atoms with Crippen molar-refractivity contribution in [1.29, 1.82) is 0 Å². The maximum Gasteiger partial charge on any atom is 0.335 e. The number of carboxylic acid groups (broad SMARTS) is 1. The fraction of sp³-hybridized carbons (Fsp3) is 0.167. The molecule has 0 aliphatic carbocycles. The number of nitrogens with zero attached hydrogens (tertiary/aromatic N) is 1. The Hall–Kier alpha value is -2.10. The summed E-state index contributed by atoms with van der Waals surface area (Å²) in [5.74, 6) is -0.985. The monoisotopic (exact) mass is 217 g/mol. The van der Waals surface area contributed by atoms with Crippen LogP contribution in [0.1, 0.15) is 27.6 Å². The standard InChI is InChI=1S/C12H11NO3/c1-7(14)10-6-13(2)11-5-8(12(15)16)3-4-9(10)11/h3-6H,1-2H3,(H,15,16). The van der Waals surface area contributed by atoms with E-state index in [0.29, 0.717) is 5.56 Å². The number of aromatic nitrogens is 1. The molecule has 0 saturated carbocycles. The minimum absolute atomic E-state index is 0.0197. The molecule has 0 spiro atoms. The first-order chi connectivity index (χ1) is 7.50. The van der Waals surface area contributed by atoms with Crippen molar-refractivity contribution >= 4 is 22.7 Å². The highest BCUT2D eigenvalue weighted by Crippen LogP contribution is 2.22. The first kappa shape index (κ1) is 10.4. The predicted octanol–water partition coefficient (Wildman–Crippen LogP) is 2.08. The Balaban J connectivity index is 2.76. The fourth-order valence-corrected chi connectivity index (χ4v) is 1.80. The second-order valence-electron chi connectivity index (χ2n) is 3.75. The molecule has 0 radical (unpaired) electrons. The van der Waals surface area contributed by atoms with Gasteiger partial charge in [0.15, 0.2) is 5.78 Å². The van der Waals surface area contributed by atoms with E-state index in [1.807, 2.05) is 0 Å². The summed E-state index contributed by atoms with van der Waals surface area (Å²) in [4.78, 5) is 22.2. The van der Waals surface area contributed by atoms with Crippen LogP contribution in [0.4, 0.5) is 0 Å². The Morgan fingerprint density at radius 3 is 2.56 bits per heavy atom. The lowest BCUT2D eigenvalue weighted by Crippen LogP contribution is -1.96. The summed E-state index contributed by atoms with van der Waals surface area (Å²) in [6, 6.07) is 4.76. The zero-order valence-electron chi connectivity index (χ0n) is 9.02. The van der Waals surface area contributed by atoms with E-state index in [1.165, 1.54) is 13.0 Å². The number of carboxylic acids is 1. The maximum atomic E-state index is 11.4. The molecule has 1 heterocycles. The number of aromatic carboxylic acids is 1. The fourth-order valence-electron chi connectivity index (χ4n) is 1.80. The summed E-state index contributed by atoms with van der Waals surface area (Å²) in [5, 5.41) is 9.67. The van der Waals surface area contributed by atoms with Gasteiger partial charge in [0.05, 0.1) is 5.56 Å². The lowest BCUT2D eigenvalue weighted by atomic mass is 10.1. The number of fused-ring (bicyclic) bond motifs is 1. The van der Waals surface area contributed by atoms with Crippen LogP contribution in [-0.4, -0.2) is 21.4 Å². The lowest BCUT2D eigenvalue weighted by Gasteiger charge is -1.98. The quantitative estimate of drug-likeness (QED) is 0.783. The van der Waals surface area contributed by atoms with Gasteiger partial charge < -0.3 is 9.67 Å². The van der Waals surface area contributed by atoms with Crippen LogP contribution in [0.15, 0.2) is 24.4 Å². The molecule has 2 aromatic rings. The molecule has 0 fully saturated rings. The third-order valence-electron chi connectivity index (χ3n) is 2.62. The number of carbonyl (C=O) groups is 2. The maximum absolute atomic E-state index is 11.4. The first-order valence-electron chi connectivity index (χ1n) is 4.84. The summed E-state index contributed by atoms with van der Waals surface area (Å²) in [6.07, 6.45) is 1.72. The Kier molecular flexibility index (Phi) is 2.27. The molecule has 0 unspecified atom stereocenters. The zero-order chi connectivity index (χ0) is 11.9. The van der Waals surface area contributed by atoms with Gasteiger partial charge in [0.1, 0.15) is 0 Å². The van der Waals surface area contributed by atoms with Crippen LogP contribution >= 0.6 is 0 Å². The Labute approximate surface area is 92.1 Å². The van der Waals surface area contributed by atoms with Crippen molar-refractivity contribution in [2.24, 2.45) is 7.05 Å². The van der Waals surface area contributed by atoms with Crippen LogP contribution in [0.25, 0.3) is 10.9 Å². The van der Waals surface area contributed by atoms with Gasteiger partial charge in [-0.25, -0.2) is 4.79 Å². The number of Topliss-reactive ketones (excluding diaryl/α,β-unsaturated/α-hetero) is 1. The average Bonchev–Trinajstić information content (AvgIpc) is 2.56. The Morgan fingerprint density at radius 2 is 2.00 bits per heavy atom. The molecule has 4 nitrogen and oxygen atoms in total. The summed E-state index contributed by atoms with van der Waals surface area (Å²) in [6.45, 7) is 1.50. The third kappa shape index (κ3) is 1.48. The van der Waals surface area contributed by atoms with Gasteiger partial charge in [0.25, 0.3) is 0 Å². The van der Waals surface area contributed by atoms with Gasteiger partial charge in [0, 0.05) is 29.7 Å². The van der Waals surface area contributed by atoms with Gasteiger partial charge >= 0.3 is 5.97 Å². The van der Waals surface area contributed by atoms with Crippen LogP contribution in [0.5, 0.6) is 0 Å². The second-order valence-corrected chi connectivity index (χ2v) is 3.75. The van der Waals surface area contributed by atoms with Crippen molar-refractivity contribution in [1.82, 2.24) is 4.57 Å². The number of hydrogen-bond acceptors (Lipinski definition) is 2. The first-order valence-corrected chi connectivity index (χ1v) is 4.84. The minimum atomic E-state index is -0.965. The molecule has 2 rings (SSSR count). The van der Waals surface area contributed by atoms with Gasteiger partial charge in [-0.1, -0.05) is 6.07 Å². The second kappa shape index (κ2) is 3.48. The number of carbonyl (C=O) groups excluding carboxylic acids is 1. The topological polar surface area (TPSA) is 59.3 Å². The highest BCUT2D eigenvalue weighted by molar-refractivity contribution is 6.08. The predicted molar refractivity (Wildman–Crippen MR) is 59.9 cm³/mol. The van der Waals surface area contributed by atoms with Crippen molar-refractivity contribution < 1.29 is 14.7 Å². The minimum Gasteiger partial charge on any atom is -0.478 e. The van der Waals surface area contributed by atoms with Crippen LogP contribution in [-0.2, 0) is 7.05 Å². The van der Waals surface area contributed by atoms with Crippen molar-refractivity contribution in [3.63, 3.8) is 0 Å². The molecule has 1 aromatic carbocycles. The third-order valence-corrected chi connectivity index (χ3v) is 2.62. The van der Waals surface area contributed by atoms with Gasteiger partial charge in [-0.2, -0.15) is 0 Å². The summed E-state index contributed by atoms with van der Waals surface area (Å²) in [5.41, 5.74) is 1.60. The molecule has 4 heteroatoms. The summed E-state index contributed by atoms with van der Waals surface area (Å²) < 4.78 is 1.76. The highest BCUT2D eigenvalue weighted by Gasteiger charge is 2.12. The molecule has 82 valence electrons. The molecule has 1 aromatic heterocycles. The molecule has 16 heavy (non-hydrogen) atoms. The molecule has 0 bridgehead atoms. The zero-order valence-corrected chi connectivity index (χ0v) is 9.02. The number of aryl methyl sites for hydroxylation is 1. The SMILES string of the molecule is CC(=O)c1cn(C)c2cc(C(=O)O)ccc12. The van der Waals surface area contributed by atoms with Gasteiger partial charge in [-0.3, -0.25) is 4.79 Å². The molecule has 0 saturated heterocycles. The Bertz CT molecular complexity index is 596. The summed E-state index contributed by atoms with van der Waals surface area (Å²) in [7, 11) is 1.79. The number of benzene rings is 1. The van der Waals surface area contributed by atoms with E-state index >= 15 is 0 Å². The molecule has 0 aliphatic rings. The van der Waals surface area contributed by atoms with Crippen molar-refractivity contribution in [3.05, 3.63) is 35.5 Å². The summed E-state index contributed by atoms with van der Waals surface area (Å²) >= 11 is 0. The van der Waals surface area contributed by atoms with E-state index in [0.717, 1.165) is 10.9 Å². The van der Waals surface area contributed by atoms with E-state index in [2.05, 4.69) is 0 Å². The van der Waals surface area contributed by atoms with Gasteiger partial charge in [-0.05, 0) is 19.1 Å². The van der Waals surface area contributed by atoms with E-state index in [-0.39, 0.29) is 11.3 Å². The normalized spacial score (nSPS) is 10.6. The smallest absolute Gasteiger partial charge is 0.335 e. The molecule has 0 aliphatic heterocycles. The molecular formula is C12H11NO3. The van der Waals surface area contributed by atoms with Crippen LogP contribution in [0, 0.1) is 0 Å². The molecule has 0 atom stereocenters. The lowest BCUT2D eigenvalue weighted by molar-refractivity contribution is 0.0697. The number of rotatable bonds is 2. The Morgan fingerprint density at radius 1 is 1.31 bits per heavy atom. The van der Waals surface area contributed by atoms with E-state index in [4.69, 9.17) is 5.11 Å². The highest BCUT2D eigenvalue weighted by atomic mass is 16.4. The molecular weight excluding hydrogens is 206 g/mol. The van der Waals surface area contributed by atoms with Crippen LogP contribution in [0.3, 0.4) is 0 Å². The van der Waals surface area contributed by atoms with Crippen molar-refractivity contribution in [3.8, 4) is 0 Å². The average molecular weight is 217 g/mol.